The van der Waals surface area contributed by atoms with Gasteiger partial charge < -0.3 is 14.5 Å². The first-order valence-corrected chi connectivity index (χ1v) is 10.7. The highest BCUT2D eigenvalue weighted by atomic mass is 16.5. The largest absolute Gasteiger partial charge is 0.381 e. The van der Waals surface area contributed by atoms with Gasteiger partial charge in [-0.25, -0.2) is 0 Å². The predicted octanol–water partition coefficient (Wildman–Crippen LogP) is 1.75. The van der Waals surface area contributed by atoms with Gasteiger partial charge in [0.25, 0.3) is 0 Å². The molecule has 3 heterocycles. The molecule has 1 unspecified atom stereocenters. The second kappa shape index (κ2) is 9.05. The minimum atomic E-state index is -0.0298. The number of hydrogen-bond acceptors (Lipinski definition) is 4. The van der Waals surface area contributed by atoms with Crippen LogP contribution in [-0.4, -0.2) is 78.5 Å². The first-order valence-electron chi connectivity index (χ1n) is 10.7. The quantitative estimate of drug-likeness (QED) is 0.792. The lowest BCUT2D eigenvalue weighted by molar-refractivity contribution is -0.145. The minimum Gasteiger partial charge on any atom is -0.381 e. The SMILES string of the molecule is O=C(C1CCOCC1)N1CCN(C2CCCN(Cc3ccccc3)C2=O)CC1. The van der Waals surface area contributed by atoms with Gasteiger partial charge in [0.15, 0.2) is 0 Å². The van der Waals surface area contributed by atoms with Crippen molar-refractivity contribution < 1.29 is 14.3 Å². The molecule has 28 heavy (non-hydrogen) atoms. The summed E-state index contributed by atoms with van der Waals surface area (Å²) in [4.78, 5) is 32.1. The Morgan fingerprint density at radius 2 is 1.68 bits per heavy atom. The number of benzene rings is 1. The van der Waals surface area contributed by atoms with Gasteiger partial charge in [-0.15, -0.1) is 0 Å². The molecule has 0 aromatic heterocycles. The fourth-order valence-corrected chi connectivity index (χ4v) is 4.68. The van der Waals surface area contributed by atoms with Crippen LogP contribution in [0.2, 0.25) is 0 Å². The number of hydrogen-bond donors (Lipinski definition) is 0. The van der Waals surface area contributed by atoms with E-state index in [9.17, 15) is 9.59 Å². The maximum absolute atomic E-state index is 13.1. The van der Waals surface area contributed by atoms with Gasteiger partial charge in [-0.2, -0.15) is 0 Å². The smallest absolute Gasteiger partial charge is 0.240 e. The van der Waals surface area contributed by atoms with E-state index < -0.39 is 0 Å². The van der Waals surface area contributed by atoms with Gasteiger partial charge in [0.1, 0.15) is 0 Å². The lowest BCUT2D eigenvalue weighted by Gasteiger charge is -2.43. The highest BCUT2D eigenvalue weighted by Crippen LogP contribution is 2.23. The van der Waals surface area contributed by atoms with Crippen LogP contribution in [0.5, 0.6) is 0 Å². The van der Waals surface area contributed by atoms with Crippen molar-refractivity contribution in [3.63, 3.8) is 0 Å². The second-order valence-electron chi connectivity index (χ2n) is 8.15. The fraction of sp³-hybridized carbons (Fsp3) is 0.636. The van der Waals surface area contributed by atoms with Gasteiger partial charge in [-0.3, -0.25) is 14.5 Å². The van der Waals surface area contributed by atoms with Crippen LogP contribution in [0.25, 0.3) is 0 Å². The summed E-state index contributed by atoms with van der Waals surface area (Å²) in [5, 5.41) is 0. The molecule has 1 aromatic carbocycles. The molecule has 0 radical (unpaired) electrons. The van der Waals surface area contributed by atoms with E-state index in [0.717, 1.165) is 58.4 Å². The Morgan fingerprint density at radius 1 is 0.964 bits per heavy atom. The molecule has 3 saturated heterocycles. The predicted molar refractivity (Wildman–Crippen MR) is 107 cm³/mol. The fourth-order valence-electron chi connectivity index (χ4n) is 4.68. The summed E-state index contributed by atoms with van der Waals surface area (Å²) in [6.45, 7) is 5.99. The van der Waals surface area contributed by atoms with Gasteiger partial charge in [0.2, 0.25) is 11.8 Å². The molecule has 152 valence electrons. The van der Waals surface area contributed by atoms with Gasteiger partial charge in [-0.1, -0.05) is 30.3 Å². The standard InChI is InChI=1S/C22H31N3O3/c26-21(19-8-15-28-16-9-19)24-13-11-23(12-14-24)20-7-4-10-25(22(20)27)17-18-5-2-1-3-6-18/h1-3,5-6,19-20H,4,7-17H2. The molecule has 4 rings (SSSR count). The molecule has 2 amide bonds. The number of carbonyl (C=O) groups is 2. The zero-order chi connectivity index (χ0) is 19.3. The number of carbonyl (C=O) groups excluding carboxylic acids is 2. The molecule has 3 fully saturated rings. The lowest BCUT2D eigenvalue weighted by atomic mass is 9.97. The normalized spacial score (nSPS) is 25.1. The number of amides is 2. The number of rotatable bonds is 4. The van der Waals surface area contributed by atoms with Crippen LogP contribution >= 0.6 is 0 Å². The van der Waals surface area contributed by atoms with Crippen molar-refractivity contribution in [1.29, 1.82) is 0 Å². The number of ether oxygens (including phenoxy) is 1. The van der Waals surface area contributed by atoms with E-state index in [1.807, 2.05) is 28.0 Å². The Kier molecular flexibility index (Phi) is 6.27. The Hall–Kier alpha value is -1.92. The van der Waals surface area contributed by atoms with Crippen molar-refractivity contribution in [3.05, 3.63) is 35.9 Å². The summed E-state index contributed by atoms with van der Waals surface area (Å²) >= 11 is 0. The van der Waals surface area contributed by atoms with Crippen molar-refractivity contribution in [2.45, 2.75) is 38.3 Å². The molecule has 1 aromatic rings. The van der Waals surface area contributed by atoms with Crippen LogP contribution in [0.15, 0.2) is 30.3 Å². The molecule has 0 N–H and O–H groups in total. The van der Waals surface area contributed by atoms with E-state index in [1.165, 1.54) is 5.56 Å². The zero-order valence-corrected chi connectivity index (χ0v) is 16.6. The number of piperazine rings is 1. The topological polar surface area (TPSA) is 53.1 Å². The Balaban J connectivity index is 1.31. The Labute approximate surface area is 167 Å². The van der Waals surface area contributed by atoms with E-state index in [0.29, 0.717) is 19.8 Å². The molecule has 3 aliphatic heterocycles. The molecule has 0 aliphatic carbocycles. The van der Waals surface area contributed by atoms with Crippen molar-refractivity contribution >= 4 is 11.8 Å². The van der Waals surface area contributed by atoms with Crippen molar-refractivity contribution in [3.8, 4) is 0 Å². The molecule has 1 atom stereocenters. The molecule has 0 spiro atoms. The maximum Gasteiger partial charge on any atom is 0.240 e. The average molecular weight is 386 g/mol. The van der Waals surface area contributed by atoms with Crippen LogP contribution in [0.4, 0.5) is 0 Å². The third-order valence-corrected chi connectivity index (χ3v) is 6.36. The highest BCUT2D eigenvalue weighted by molar-refractivity contribution is 5.83. The van der Waals surface area contributed by atoms with E-state index >= 15 is 0 Å². The molecule has 6 nitrogen and oxygen atoms in total. The third-order valence-electron chi connectivity index (χ3n) is 6.36. The van der Waals surface area contributed by atoms with Gasteiger partial charge in [0.05, 0.1) is 6.04 Å². The van der Waals surface area contributed by atoms with Crippen molar-refractivity contribution in [2.75, 3.05) is 45.9 Å². The second-order valence-corrected chi connectivity index (χ2v) is 8.15. The minimum absolute atomic E-state index is 0.0298. The summed E-state index contributed by atoms with van der Waals surface area (Å²) in [6, 6.07) is 10.2. The summed E-state index contributed by atoms with van der Waals surface area (Å²) in [5.74, 6) is 0.654. The average Bonchev–Trinajstić information content (AvgIpc) is 2.76. The third kappa shape index (κ3) is 4.39. The first kappa shape index (κ1) is 19.4. The monoisotopic (exact) mass is 385 g/mol. The van der Waals surface area contributed by atoms with E-state index in [2.05, 4.69) is 17.0 Å². The van der Waals surface area contributed by atoms with E-state index in [-0.39, 0.29) is 23.8 Å². The molecule has 3 aliphatic rings. The highest BCUT2D eigenvalue weighted by Gasteiger charge is 2.36. The molecule has 6 heteroatoms. The van der Waals surface area contributed by atoms with Crippen LogP contribution in [-0.2, 0) is 20.9 Å². The van der Waals surface area contributed by atoms with Gasteiger partial charge in [0, 0.05) is 58.4 Å². The van der Waals surface area contributed by atoms with Crippen LogP contribution < -0.4 is 0 Å². The van der Waals surface area contributed by atoms with Gasteiger partial charge in [-0.05, 0) is 31.2 Å². The molecular formula is C22H31N3O3. The Bertz CT molecular complexity index is 667. The molecule has 0 bridgehead atoms. The molecule has 0 saturated carbocycles. The maximum atomic E-state index is 13.1. The summed E-state index contributed by atoms with van der Waals surface area (Å²) in [5.41, 5.74) is 1.18. The summed E-state index contributed by atoms with van der Waals surface area (Å²) < 4.78 is 5.38. The summed E-state index contributed by atoms with van der Waals surface area (Å²) in [6.07, 6.45) is 3.66. The van der Waals surface area contributed by atoms with Crippen molar-refractivity contribution in [1.82, 2.24) is 14.7 Å². The van der Waals surface area contributed by atoms with Crippen LogP contribution in [0, 0.1) is 5.92 Å². The lowest BCUT2D eigenvalue weighted by Crippen LogP contribution is -2.58. The van der Waals surface area contributed by atoms with Crippen LogP contribution in [0.3, 0.4) is 0 Å². The summed E-state index contributed by atoms with van der Waals surface area (Å²) in [7, 11) is 0. The van der Waals surface area contributed by atoms with Crippen LogP contribution in [0.1, 0.15) is 31.2 Å². The number of piperidine rings is 1. The number of nitrogens with zero attached hydrogens (tertiary/aromatic N) is 3. The van der Waals surface area contributed by atoms with Crippen molar-refractivity contribution in [2.24, 2.45) is 5.92 Å². The molecular weight excluding hydrogens is 354 g/mol. The number of likely N-dealkylation sites (tertiary alicyclic amines) is 1. The van der Waals surface area contributed by atoms with E-state index in [1.54, 1.807) is 0 Å². The van der Waals surface area contributed by atoms with E-state index in [4.69, 9.17) is 4.74 Å². The zero-order valence-electron chi connectivity index (χ0n) is 16.6. The van der Waals surface area contributed by atoms with Gasteiger partial charge >= 0.3 is 0 Å². The Morgan fingerprint density at radius 3 is 2.39 bits per heavy atom. The first-order chi connectivity index (χ1) is 13.7.